The van der Waals surface area contributed by atoms with E-state index in [0.29, 0.717) is 24.5 Å². The lowest BCUT2D eigenvalue weighted by molar-refractivity contribution is -0.136. The standard InChI is InChI=1S/C22H31N3O3S/c26-20(16-6-2-1-3-7-16)23-17-10-13-24(14-11-17)21(27)18-8-4-12-25(18)22(28)19-9-5-15-29-19/h5,9,15-18H,1-4,6-8,10-14H2,(H,23,26)/t18-/m0/s1. The zero-order chi connectivity index (χ0) is 20.2. The molecule has 2 aliphatic heterocycles. The highest BCUT2D eigenvalue weighted by Gasteiger charge is 2.38. The Morgan fingerprint density at radius 1 is 0.931 bits per heavy atom. The molecule has 0 bridgehead atoms. The van der Waals surface area contributed by atoms with E-state index in [1.807, 2.05) is 22.4 Å². The second-order valence-electron chi connectivity index (χ2n) is 8.58. The third-order valence-corrected chi connectivity index (χ3v) is 7.52. The maximum Gasteiger partial charge on any atom is 0.264 e. The van der Waals surface area contributed by atoms with Crippen molar-refractivity contribution in [3.8, 4) is 0 Å². The minimum atomic E-state index is -0.335. The van der Waals surface area contributed by atoms with Gasteiger partial charge in [0.05, 0.1) is 4.88 Å². The van der Waals surface area contributed by atoms with Gasteiger partial charge in [0.2, 0.25) is 11.8 Å². The smallest absolute Gasteiger partial charge is 0.264 e. The number of carbonyl (C=O) groups excluding carboxylic acids is 3. The third kappa shape index (κ3) is 4.65. The Balaban J connectivity index is 1.28. The van der Waals surface area contributed by atoms with Crippen LogP contribution in [0.3, 0.4) is 0 Å². The molecular weight excluding hydrogens is 386 g/mol. The molecule has 0 spiro atoms. The summed E-state index contributed by atoms with van der Waals surface area (Å²) in [5.74, 6) is 0.437. The Hall–Kier alpha value is -1.89. The fourth-order valence-electron chi connectivity index (χ4n) is 4.95. The lowest BCUT2D eigenvalue weighted by Gasteiger charge is -2.36. The predicted octanol–water partition coefficient (Wildman–Crippen LogP) is 3.04. The molecule has 0 radical (unpaired) electrons. The van der Waals surface area contributed by atoms with Gasteiger partial charge in [-0.3, -0.25) is 14.4 Å². The molecule has 3 heterocycles. The van der Waals surface area contributed by atoms with Crippen LogP contribution in [0.1, 0.15) is 67.5 Å². The van der Waals surface area contributed by atoms with Crippen molar-refractivity contribution >= 4 is 29.1 Å². The van der Waals surface area contributed by atoms with Gasteiger partial charge in [-0.2, -0.15) is 0 Å². The van der Waals surface area contributed by atoms with Crippen molar-refractivity contribution in [3.05, 3.63) is 22.4 Å². The number of likely N-dealkylation sites (tertiary alicyclic amines) is 2. The number of piperidine rings is 1. The van der Waals surface area contributed by atoms with Crippen molar-refractivity contribution < 1.29 is 14.4 Å². The summed E-state index contributed by atoms with van der Waals surface area (Å²) in [5, 5.41) is 5.12. The molecule has 6 nitrogen and oxygen atoms in total. The molecule has 3 fully saturated rings. The molecule has 1 aromatic heterocycles. The van der Waals surface area contributed by atoms with Gasteiger partial charge in [-0.15, -0.1) is 11.3 Å². The number of amides is 3. The van der Waals surface area contributed by atoms with E-state index < -0.39 is 0 Å². The van der Waals surface area contributed by atoms with Crippen LogP contribution < -0.4 is 5.32 Å². The number of nitrogens with one attached hydrogen (secondary N) is 1. The molecule has 158 valence electrons. The van der Waals surface area contributed by atoms with Crippen LogP contribution >= 0.6 is 11.3 Å². The molecule has 1 atom stereocenters. The van der Waals surface area contributed by atoms with Gasteiger partial charge >= 0.3 is 0 Å². The Morgan fingerprint density at radius 3 is 2.38 bits per heavy atom. The van der Waals surface area contributed by atoms with Gasteiger partial charge < -0.3 is 15.1 Å². The first-order chi connectivity index (χ1) is 14.1. The average Bonchev–Trinajstić information content (AvgIpc) is 3.46. The molecule has 1 N–H and O–H groups in total. The van der Waals surface area contributed by atoms with Crippen LogP contribution in [0.4, 0.5) is 0 Å². The van der Waals surface area contributed by atoms with Crippen molar-refractivity contribution in [2.75, 3.05) is 19.6 Å². The van der Waals surface area contributed by atoms with Crippen molar-refractivity contribution in [2.24, 2.45) is 5.92 Å². The molecule has 4 rings (SSSR count). The van der Waals surface area contributed by atoms with E-state index in [9.17, 15) is 14.4 Å². The number of carbonyl (C=O) groups is 3. The van der Waals surface area contributed by atoms with Crippen LogP contribution in [0.2, 0.25) is 0 Å². The van der Waals surface area contributed by atoms with Crippen molar-refractivity contribution in [1.29, 1.82) is 0 Å². The topological polar surface area (TPSA) is 69.7 Å². The molecule has 1 aliphatic carbocycles. The zero-order valence-electron chi connectivity index (χ0n) is 17.0. The molecule has 1 saturated carbocycles. The number of nitrogens with zero attached hydrogens (tertiary/aromatic N) is 2. The Bertz CT molecular complexity index is 722. The van der Waals surface area contributed by atoms with E-state index in [0.717, 1.165) is 51.4 Å². The predicted molar refractivity (Wildman–Crippen MR) is 113 cm³/mol. The quantitative estimate of drug-likeness (QED) is 0.819. The van der Waals surface area contributed by atoms with Gasteiger partial charge in [0.25, 0.3) is 5.91 Å². The highest BCUT2D eigenvalue weighted by atomic mass is 32.1. The minimum Gasteiger partial charge on any atom is -0.353 e. The van der Waals surface area contributed by atoms with Crippen molar-refractivity contribution in [1.82, 2.24) is 15.1 Å². The summed E-state index contributed by atoms with van der Waals surface area (Å²) in [6.45, 7) is 1.97. The summed E-state index contributed by atoms with van der Waals surface area (Å²) >= 11 is 1.43. The van der Waals surface area contributed by atoms with Crippen LogP contribution in [0.25, 0.3) is 0 Å². The number of hydrogen-bond donors (Lipinski definition) is 1. The van der Waals surface area contributed by atoms with E-state index in [-0.39, 0.29) is 35.7 Å². The number of rotatable bonds is 4. The normalized spacial score (nSPS) is 23.9. The fourth-order valence-corrected chi connectivity index (χ4v) is 5.63. The van der Waals surface area contributed by atoms with Crippen LogP contribution in [0.5, 0.6) is 0 Å². The van der Waals surface area contributed by atoms with Crippen LogP contribution in [0.15, 0.2) is 17.5 Å². The third-order valence-electron chi connectivity index (χ3n) is 6.66. The van der Waals surface area contributed by atoms with Gasteiger partial charge in [-0.1, -0.05) is 25.3 Å². The zero-order valence-corrected chi connectivity index (χ0v) is 17.8. The Morgan fingerprint density at radius 2 is 1.69 bits per heavy atom. The molecule has 2 saturated heterocycles. The van der Waals surface area contributed by atoms with Gasteiger partial charge in [-0.05, 0) is 50.0 Å². The average molecular weight is 418 g/mol. The number of hydrogen-bond acceptors (Lipinski definition) is 4. The van der Waals surface area contributed by atoms with Gasteiger partial charge in [0, 0.05) is 31.6 Å². The lowest BCUT2D eigenvalue weighted by Crippen LogP contribution is -2.53. The van der Waals surface area contributed by atoms with E-state index in [4.69, 9.17) is 0 Å². The number of thiophene rings is 1. The lowest BCUT2D eigenvalue weighted by atomic mass is 9.88. The van der Waals surface area contributed by atoms with Crippen LogP contribution in [-0.2, 0) is 9.59 Å². The molecule has 3 aliphatic rings. The molecule has 3 amide bonds. The summed E-state index contributed by atoms with van der Waals surface area (Å²) in [5.41, 5.74) is 0. The Kier molecular flexibility index (Phi) is 6.53. The molecular formula is C22H31N3O3S. The maximum absolute atomic E-state index is 13.1. The van der Waals surface area contributed by atoms with Crippen molar-refractivity contribution in [3.63, 3.8) is 0 Å². The largest absolute Gasteiger partial charge is 0.353 e. The maximum atomic E-state index is 13.1. The second kappa shape index (κ2) is 9.28. The van der Waals surface area contributed by atoms with Crippen LogP contribution in [-0.4, -0.2) is 59.2 Å². The first-order valence-electron chi connectivity index (χ1n) is 11.1. The summed E-state index contributed by atoms with van der Waals surface area (Å²) in [7, 11) is 0. The minimum absolute atomic E-state index is 0.0227. The summed E-state index contributed by atoms with van der Waals surface area (Å²) in [4.78, 5) is 42.7. The van der Waals surface area contributed by atoms with Gasteiger partial charge in [0.15, 0.2) is 0 Å². The van der Waals surface area contributed by atoms with E-state index in [2.05, 4.69) is 5.32 Å². The van der Waals surface area contributed by atoms with Gasteiger partial charge in [-0.25, -0.2) is 0 Å². The molecule has 0 aromatic carbocycles. The monoisotopic (exact) mass is 417 g/mol. The van der Waals surface area contributed by atoms with E-state index >= 15 is 0 Å². The molecule has 29 heavy (non-hydrogen) atoms. The van der Waals surface area contributed by atoms with Crippen molar-refractivity contribution in [2.45, 2.75) is 69.9 Å². The van der Waals surface area contributed by atoms with Gasteiger partial charge in [0.1, 0.15) is 6.04 Å². The first-order valence-corrected chi connectivity index (χ1v) is 11.9. The highest BCUT2D eigenvalue weighted by molar-refractivity contribution is 7.12. The molecule has 1 aromatic rings. The van der Waals surface area contributed by atoms with E-state index in [1.165, 1.54) is 17.8 Å². The van der Waals surface area contributed by atoms with Crippen LogP contribution in [0, 0.1) is 5.92 Å². The fraction of sp³-hybridized carbons (Fsp3) is 0.682. The summed E-state index contributed by atoms with van der Waals surface area (Å²) in [6.07, 6.45) is 8.82. The second-order valence-corrected chi connectivity index (χ2v) is 9.52. The molecule has 0 unspecified atom stereocenters. The first kappa shape index (κ1) is 20.4. The SMILES string of the molecule is O=C(NC1CCN(C(=O)[C@@H]2CCCN2C(=O)c2cccs2)CC1)C1CCCCC1. The highest BCUT2D eigenvalue weighted by Crippen LogP contribution is 2.26. The Labute approximate surface area is 176 Å². The summed E-state index contributed by atoms with van der Waals surface area (Å²) in [6, 6.07) is 3.53. The van der Waals surface area contributed by atoms with E-state index in [1.54, 1.807) is 4.90 Å². The summed E-state index contributed by atoms with van der Waals surface area (Å²) < 4.78 is 0. The molecule has 7 heteroatoms.